The van der Waals surface area contributed by atoms with Gasteiger partial charge in [-0.05, 0) is 24.3 Å². The number of hydrogen-bond donors (Lipinski definition) is 2. The Morgan fingerprint density at radius 1 is 1.25 bits per heavy atom. The van der Waals surface area contributed by atoms with Gasteiger partial charge >= 0.3 is 6.03 Å². The number of primary sulfonamides is 1. The zero-order chi connectivity index (χ0) is 12.3. The Balaban J connectivity index is 2.84. The number of nitrogens with one attached hydrogen (secondary N) is 1. The molecule has 0 fully saturated rings. The SMILES string of the molecule is CN(C)C(=O)Nc1ccc(S(N)(=O)=O)cc1. The van der Waals surface area contributed by atoms with Crippen molar-refractivity contribution in [3.63, 3.8) is 0 Å². The molecule has 0 bridgehead atoms. The molecule has 0 atom stereocenters. The van der Waals surface area contributed by atoms with Gasteiger partial charge in [0.15, 0.2) is 0 Å². The van der Waals surface area contributed by atoms with Crippen LogP contribution in [-0.4, -0.2) is 33.4 Å². The number of benzene rings is 1. The Bertz CT molecular complexity index is 479. The van der Waals surface area contributed by atoms with Gasteiger partial charge in [0.2, 0.25) is 10.0 Å². The number of carbonyl (C=O) groups excluding carboxylic acids is 1. The van der Waals surface area contributed by atoms with Crippen LogP contribution in [0.5, 0.6) is 0 Å². The second-order valence-corrected chi connectivity index (χ2v) is 4.96. The van der Waals surface area contributed by atoms with Crippen molar-refractivity contribution in [2.24, 2.45) is 5.14 Å². The first kappa shape index (κ1) is 12.5. The summed E-state index contributed by atoms with van der Waals surface area (Å²) < 4.78 is 21.9. The summed E-state index contributed by atoms with van der Waals surface area (Å²) in [6.07, 6.45) is 0. The molecule has 0 aliphatic carbocycles. The van der Waals surface area contributed by atoms with E-state index >= 15 is 0 Å². The lowest BCUT2D eigenvalue weighted by molar-refractivity contribution is 0.230. The predicted octanol–water partition coefficient (Wildman–Crippen LogP) is 0.428. The van der Waals surface area contributed by atoms with Gasteiger partial charge in [-0.2, -0.15) is 0 Å². The van der Waals surface area contributed by atoms with Crippen molar-refractivity contribution in [3.8, 4) is 0 Å². The molecule has 0 radical (unpaired) electrons. The molecule has 0 aromatic heterocycles. The first-order valence-corrected chi connectivity index (χ1v) is 5.96. The highest BCUT2D eigenvalue weighted by atomic mass is 32.2. The summed E-state index contributed by atoms with van der Waals surface area (Å²) in [6.45, 7) is 0. The molecule has 0 spiro atoms. The Morgan fingerprint density at radius 2 is 1.75 bits per heavy atom. The summed E-state index contributed by atoms with van der Waals surface area (Å²) in [5, 5.41) is 7.50. The van der Waals surface area contributed by atoms with Gasteiger partial charge in [-0.25, -0.2) is 18.4 Å². The van der Waals surface area contributed by atoms with E-state index in [1.165, 1.54) is 29.2 Å². The molecule has 2 amide bonds. The average Bonchev–Trinajstić information content (AvgIpc) is 2.17. The van der Waals surface area contributed by atoms with Crippen LogP contribution in [0, 0.1) is 0 Å². The van der Waals surface area contributed by atoms with Gasteiger partial charge in [-0.1, -0.05) is 0 Å². The van der Waals surface area contributed by atoms with Gasteiger partial charge in [0.25, 0.3) is 0 Å². The zero-order valence-electron chi connectivity index (χ0n) is 8.97. The minimum Gasteiger partial charge on any atom is -0.331 e. The minimum absolute atomic E-state index is 0.00959. The van der Waals surface area contributed by atoms with E-state index in [0.29, 0.717) is 5.69 Å². The lowest BCUT2D eigenvalue weighted by Crippen LogP contribution is -2.27. The number of carbonyl (C=O) groups is 1. The van der Waals surface area contributed by atoms with E-state index < -0.39 is 10.0 Å². The van der Waals surface area contributed by atoms with E-state index in [2.05, 4.69) is 5.32 Å². The molecular weight excluding hydrogens is 230 g/mol. The Kier molecular flexibility index (Phi) is 3.51. The summed E-state index contributed by atoms with van der Waals surface area (Å²) in [6, 6.07) is 5.33. The first-order chi connectivity index (χ1) is 7.30. The molecule has 0 aliphatic heterocycles. The van der Waals surface area contributed by atoms with E-state index in [0.717, 1.165) is 0 Å². The molecule has 0 aliphatic rings. The van der Waals surface area contributed by atoms with Crippen molar-refractivity contribution >= 4 is 21.7 Å². The summed E-state index contributed by atoms with van der Waals surface area (Å²) in [7, 11) is -0.477. The summed E-state index contributed by atoms with van der Waals surface area (Å²) in [5.41, 5.74) is 0.506. The summed E-state index contributed by atoms with van der Waals surface area (Å²) in [4.78, 5) is 12.6. The molecular formula is C9H13N3O3S. The Hall–Kier alpha value is -1.60. The maximum absolute atomic E-state index is 11.3. The van der Waals surface area contributed by atoms with Crippen molar-refractivity contribution in [2.75, 3.05) is 19.4 Å². The third kappa shape index (κ3) is 3.21. The third-order valence-corrected chi connectivity index (χ3v) is 2.77. The highest BCUT2D eigenvalue weighted by Gasteiger charge is 2.08. The van der Waals surface area contributed by atoms with Gasteiger partial charge in [0.05, 0.1) is 4.90 Å². The van der Waals surface area contributed by atoms with E-state index in [1.807, 2.05) is 0 Å². The van der Waals surface area contributed by atoms with Crippen LogP contribution in [0.25, 0.3) is 0 Å². The molecule has 1 aromatic rings. The molecule has 16 heavy (non-hydrogen) atoms. The van der Waals surface area contributed by atoms with Crippen molar-refractivity contribution in [1.82, 2.24) is 4.90 Å². The number of urea groups is 1. The number of amides is 2. The fourth-order valence-electron chi connectivity index (χ4n) is 0.963. The highest BCUT2D eigenvalue weighted by Crippen LogP contribution is 2.12. The van der Waals surface area contributed by atoms with Gasteiger partial charge in [0.1, 0.15) is 0 Å². The van der Waals surface area contributed by atoms with Crippen LogP contribution in [0.4, 0.5) is 10.5 Å². The molecule has 0 saturated carbocycles. The van der Waals surface area contributed by atoms with Gasteiger partial charge < -0.3 is 10.2 Å². The monoisotopic (exact) mass is 243 g/mol. The second kappa shape index (κ2) is 4.50. The summed E-state index contributed by atoms with van der Waals surface area (Å²) >= 11 is 0. The minimum atomic E-state index is -3.69. The quantitative estimate of drug-likeness (QED) is 0.788. The van der Waals surface area contributed by atoms with Crippen LogP contribution in [0.15, 0.2) is 29.2 Å². The number of hydrogen-bond acceptors (Lipinski definition) is 3. The fraction of sp³-hybridized carbons (Fsp3) is 0.222. The van der Waals surface area contributed by atoms with Crippen molar-refractivity contribution < 1.29 is 13.2 Å². The maximum Gasteiger partial charge on any atom is 0.321 e. The molecule has 0 unspecified atom stereocenters. The van der Waals surface area contributed by atoms with Gasteiger partial charge in [-0.15, -0.1) is 0 Å². The number of sulfonamides is 1. The van der Waals surface area contributed by atoms with Crippen LogP contribution in [-0.2, 0) is 10.0 Å². The van der Waals surface area contributed by atoms with E-state index in [1.54, 1.807) is 14.1 Å². The van der Waals surface area contributed by atoms with E-state index in [4.69, 9.17) is 5.14 Å². The molecule has 3 N–H and O–H groups in total. The number of nitrogens with zero attached hydrogens (tertiary/aromatic N) is 1. The van der Waals surface area contributed by atoms with Crippen LogP contribution in [0.1, 0.15) is 0 Å². The molecule has 0 heterocycles. The second-order valence-electron chi connectivity index (χ2n) is 3.39. The summed E-state index contributed by atoms with van der Waals surface area (Å²) in [5.74, 6) is 0. The number of nitrogens with two attached hydrogens (primary N) is 1. The lowest BCUT2D eigenvalue weighted by Gasteiger charge is -2.11. The van der Waals surface area contributed by atoms with Crippen molar-refractivity contribution in [2.45, 2.75) is 4.90 Å². The van der Waals surface area contributed by atoms with Crippen LogP contribution in [0.3, 0.4) is 0 Å². The molecule has 1 rings (SSSR count). The van der Waals surface area contributed by atoms with Crippen LogP contribution in [0.2, 0.25) is 0 Å². The largest absolute Gasteiger partial charge is 0.331 e. The molecule has 0 saturated heterocycles. The predicted molar refractivity (Wildman–Crippen MR) is 60.5 cm³/mol. The van der Waals surface area contributed by atoms with E-state index in [-0.39, 0.29) is 10.9 Å². The van der Waals surface area contributed by atoms with Crippen molar-refractivity contribution in [1.29, 1.82) is 0 Å². The molecule has 6 nitrogen and oxygen atoms in total. The smallest absolute Gasteiger partial charge is 0.321 e. The fourth-order valence-corrected chi connectivity index (χ4v) is 1.48. The molecule has 1 aromatic carbocycles. The van der Waals surface area contributed by atoms with Crippen molar-refractivity contribution in [3.05, 3.63) is 24.3 Å². The van der Waals surface area contributed by atoms with Crippen LogP contribution >= 0.6 is 0 Å². The first-order valence-electron chi connectivity index (χ1n) is 4.42. The highest BCUT2D eigenvalue weighted by molar-refractivity contribution is 7.89. The number of rotatable bonds is 2. The molecule has 7 heteroatoms. The topological polar surface area (TPSA) is 92.5 Å². The number of anilines is 1. The maximum atomic E-state index is 11.3. The lowest BCUT2D eigenvalue weighted by atomic mass is 10.3. The molecule has 88 valence electrons. The Labute approximate surface area is 94.1 Å². The Morgan fingerprint density at radius 3 is 2.12 bits per heavy atom. The van der Waals surface area contributed by atoms with Crippen LogP contribution < -0.4 is 10.5 Å². The average molecular weight is 243 g/mol. The normalized spacial score (nSPS) is 10.9. The third-order valence-electron chi connectivity index (χ3n) is 1.84. The van der Waals surface area contributed by atoms with Gasteiger partial charge in [0, 0.05) is 19.8 Å². The van der Waals surface area contributed by atoms with Gasteiger partial charge in [-0.3, -0.25) is 0 Å². The van der Waals surface area contributed by atoms with E-state index in [9.17, 15) is 13.2 Å². The standard InChI is InChI=1S/C9H13N3O3S/c1-12(2)9(13)11-7-3-5-8(6-4-7)16(10,14)15/h3-6H,1-2H3,(H,11,13)(H2,10,14,15). The zero-order valence-corrected chi connectivity index (χ0v) is 9.78.